The van der Waals surface area contributed by atoms with Crippen LogP contribution in [-0.2, 0) is 16.8 Å². The number of ether oxygens (including phenoxy) is 1. The average Bonchev–Trinajstić information content (AvgIpc) is 2.99. The quantitative estimate of drug-likeness (QED) is 0.418. The largest absolute Gasteiger partial charge is 0.492 e. The standard InChI is InChI=1S/C24H20Cl2N2O4/c1-2-32-20-8-4-7-17(22(29)30)21(20)28-24(13-14-5-3-6-15(25)11-14)18-10-9-16(26)12-19(18)27-23(24)31/h3-12,28H,2,13H2,1H3,(H,27,31)(H,29,30). The molecule has 0 saturated heterocycles. The molecule has 1 aliphatic rings. The Bertz CT molecular complexity index is 1210. The lowest BCUT2D eigenvalue weighted by Crippen LogP contribution is -2.44. The van der Waals surface area contributed by atoms with E-state index in [4.69, 9.17) is 27.9 Å². The number of halogens is 2. The Labute approximate surface area is 195 Å². The summed E-state index contributed by atoms with van der Waals surface area (Å²) in [6, 6.07) is 17.1. The molecule has 1 aliphatic heterocycles. The Morgan fingerprint density at radius 1 is 1.09 bits per heavy atom. The molecule has 0 radical (unpaired) electrons. The van der Waals surface area contributed by atoms with Crippen molar-refractivity contribution in [2.45, 2.75) is 18.9 Å². The summed E-state index contributed by atoms with van der Waals surface area (Å²) in [4.78, 5) is 25.5. The highest BCUT2D eigenvalue weighted by Gasteiger charge is 2.48. The van der Waals surface area contributed by atoms with Crippen LogP contribution in [0.2, 0.25) is 10.0 Å². The summed E-state index contributed by atoms with van der Waals surface area (Å²) in [6.45, 7) is 2.13. The van der Waals surface area contributed by atoms with Crippen LogP contribution in [0.1, 0.15) is 28.4 Å². The van der Waals surface area contributed by atoms with Crippen molar-refractivity contribution in [1.29, 1.82) is 0 Å². The minimum atomic E-state index is -1.32. The molecule has 0 aliphatic carbocycles. The second kappa shape index (κ2) is 8.73. The molecule has 8 heteroatoms. The van der Waals surface area contributed by atoms with Gasteiger partial charge in [0.2, 0.25) is 0 Å². The van der Waals surface area contributed by atoms with Gasteiger partial charge in [0, 0.05) is 27.7 Å². The summed E-state index contributed by atoms with van der Waals surface area (Å²) in [5, 5.41) is 16.9. The van der Waals surface area contributed by atoms with E-state index in [1.165, 1.54) is 6.07 Å². The van der Waals surface area contributed by atoms with Crippen LogP contribution in [0, 0.1) is 0 Å². The molecule has 1 atom stereocenters. The molecule has 1 unspecified atom stereocenters. The van der Waals surface area contributed by atoms with Crippen molar-refractivity contribution >= 4 is 46.5 Å². The van der Waals surface area contributed by atoms with Crippen molar-refractivity contribution < 1.29 is 19.4 Å². The number of hydrogen-bond donors (Lipinski definition) is 3. The van der Waals surface area contributed by atoms with Crippen LogP contribution in [0.3, 0.4) is 0 Å². The maximum atomic E-state index is 13.5. The molecular formula is C24H20Cl2N2O4. The van der Waals surface area contributed by atoms with Crippen LogP contribution in [0.25, 0.3) is 0 Å². The van der Waals surface area contributed by atoms with Crippen LogP contribution in [0.5, 0.6) is 5.75 Å². The first-order valence-electron chi connectivity index (χ1n) is 9.97. The van der Waals surface area contributed by atoms with Gasteiger partial charge in [-0.2, -0.15) is 0 Å². The number of rotatable bonds is 7. The Morgan fingerprint density at radius 2 is 1.84 bits per heavy atom. The first kappa shape index (κ1) is 22.0. The molecule has 0 fully saturated rings. The van der Waals surface area contributed by atoms with Crippen LogP contribution >= 0.6 is 23.2 Å². The zero-order valence-electron chi connectivity index (χ0n) is 17.1. The van der Waals surface area contributed by atoms with Crippen molar-refractivity contribution in [2.24, 2.45) is 0 Å². The van der Waals surface area contributed by atoms with E-state index in [9.17, 15) is 14.7 Å². The Balaban J connectivity index is 1.92. The van der Waals surface area contributed by atoms with E-state index in [0.717, 1.165) is 5.56 Å². The molecule has 0 bridgehead atoms. The number of benzene rings is 3. The molecule has 0 aromatic heterocycles. The van der Waals surface area contributed by atoms with E-state index in [2.05, 4.69) is 10.6 Å². The number of fused-ring (bicyclic) bond motifs is 1. The predicted molar refractivity (Wildman–Crippen MR) is 125 cm³/mol. The smallest absolute Gasteiger partial charge is 0.337 e. The van der Waals surface area contributed by atoms with Gasteiger partial charge in [-0.05, 0) is 48.9 Å². The molecule has 0 saturated carbocycles. The summed E-state index contributed by atoms with van der Waals surface area (Å²) in [7, 11) is 0. The zero-order valence-corrected chi connectivity index (χ0v) is 18.6. The van der Waals surface area contributed by atoms with Crippen molar-refractivity contribution in [3.05, 3.63) is 87.4 Å². The molecule has 32 heavy (non-hydrogen) atoms. The summed E-state index contributed by atoms with van der Waals surface area (Å²) in [5.41, 5.74) is 0.909. The van der Waals surface area contributed by atoms with Crippen molar-refractivity contribution in [3.8, 4) is 5.75 Å². The highest BCUT2D eigenvalue weighted by molar-refractivity contribution is 6.31. The highest BCUT2D eigenvalue weighted by atomic mass is 35.5. The van der Waals surface area contributed by atoms with Gasteiger partial charge in [-0.25, -0.2) is 4.79 Å². The number of carboxylic acid groups (broad SMARTS) is 1. The molecular weight excluding hydrogens is 451 g/mol. The number of carbonyl (C=O) groups is 2. The third kappa shape index (κ3) is 3.99. The SMILES string of the molecule is CCOc1cccc(C(=O)O)c1NC1(Cc2cccc(Cl)c2)C(=O)Nc2cc(Cl)ccc21. The Hall–Kier alpha value is -3.22. The number of carboxylic acids is 1. The monoisotopic (exact) mass is 470 g/mol. The summed E-state index contributed by atoms with van der Waals surface area (Å²) in [5.74, 6) is -1.13. The number of aromatic carboxylic acids is 1. The van der Waals surface area contributed by atoms with Crippen LogP contribution < -0.4 is 15.4 Å². The van der Waals surface area contributed by atoms with Crippen LogP contribution in [-0.4, -0.2) is 23.6 Å². The Morgan fingerprint density at radius 3 is 2.56 bits per heavy atom. The van der Waals surface area contributed by atoms with Crippen LogP contribution in [0.4, 0.5) is 11.4 Å². The maximum Gasteiger partial charge on any atom is 0.337 e. The predicted octanol–water partition coefficient (Wildman–Crippen LogP) is 5.59. The van der Waals surface area contributed by atoms with Gasteiger partial charge >= 0.3 is 5.97 Å². The molecule has 3 aromatic carbocycles. The fourth-order valence-corrected chi connectivity index (χ4v) is 4.35. The molecule has 3 aromatic rings. The van der Waals surface area contributed by atoms with E-state index in [1.54, 1.807) is 55.5 Å². The normalized spacial score (nSPS) is 16.9. The lowest BCUT2D eigenvalue weighted by atomic mass is 9.84. The van der Waals surface area contributed by atoms with Gasteiger partial charge in [0.15, 0.2) is 0 Å². The molecule has 1 amide bonds. The lowest BCUT2D eigenvalue weighted by molar-refractivity contribution is -0.119. The Kier molecular flexibility index (Phi) is 6.00. The number of carbonyl (C=O) groups excluding carboxylic acids is 1. The van der Waals surface area contributed by atoms with Crippen molar-refractivity contribution in [3.63, 3.8) is 0 Å². The van der Waals surface area contributed by atoms with Gasteiger partial charge in [-0.15, -0.1) is 0 Å². The fourth-order valence-electron chi connectivity index (χ4n) is 3.97. The fraction of sp³-hybridized carbons (Fsp3) is 0.167. The maximum absolute atomic E-state index is 13.5. The first-order valence-corrected chi connectivity index (χ1v) is 10.7. The molecule has 1 heterocycles. The molecule has 4 rings (SSSR count). The molecule has 164 valence electrons. The third-order valence-electron chi connectivity index (χ3n) is 5.33. The van der Waals surface area contributed by atoms with Crippen molar-refractivity contribution in [1.82, 2.24) is 0 Å². The number of anilines is 2. The van der Waals surface area contributed by atoms with E-state index in [-0.39, 0.29) is 23.6 Å². The summed E-state index contributed by atoms with van der Waals surface area (Å²) in [6.07, 6.45) is 0.216. The minimum absolute atomic E-state index is 0.00312. The van der Waals surface area contributed by atoms with Gasteiger partial charge in [-0.1, -0.05) is 47.5 Å². The topological polar surface area (TPSA) is 87.7 Å². The number of para-hydroxylation sites is 1. The average molecular weight is 471 g/mol. The van der Waals surface area contributed by atoms with Crippen LogP contribution in [0.15, 0.2) is 60.7 Å². The van der Waals surface area contributed by atoms with E-state index >= 15 is 0 Å². The molecule has 6 nitrogen and oxygen atoms in total. The number of nitrogens with one attached hydrogen (secondary N) is 2. The summed E-state index contributed by atoms with van der Waals surface area (Å²) < 4.78 is 5.70. The van der Waals surface area contributed by atoms with Gasteiger partial charge in [0.25, 0.3) is 5.91 Å². The second-order valence-corrected chi connectivity index (χ2v) is 8.27. The van der Waals surface area contributed by atoms with E-state index < -0.39 is 11.5 Å². The lowest BCUT2D eigenvalue weighted by Gasteiger charge is -2.32. The minimum Gasteiger partial charge on any atom is -0.492 e. The van der Waals surface area contributed by atoms with E-state index in [1.807, 2.05) is 6.07 Å². The van der Waals surface area contributed by atoms with Crippen molar-refractivity contribution in [2.75, 3.05) is 17.2 Å². The number of amides is 1. The van der Waals surface area contributed by atoms with Gasteiger partial charge in [0.1, 0.15) is 11.3 Å². The number of hydrogen-bond acceptors (Lipinski definition) is 4. The molecule has 0 spiro atoms. The highest BCUT2D eigenvalue weighted by Crippen LogP contribution is 2.44. The van der Waals surface area contributed by atoms with Gasteiger partial charge < -0.3 is 20.5 Å². The molecule has 3 N–H and O–H groups in total. The first-order chi connectivity index (χ1) is 15.3. The third-order valence-corrected chi connectivity index (χ3v) is 5.80. The van der Waals surface area contributed by atoms with Gasteiger partial charge in [0.05, 0.1) is 17.9 Å². The zero-order chi connectivity index (χ0) is 22.9. The van der Waals surface area contributed by atoms with Gasteiger partial charge in [-0.3, -0.25) is 4.79 Å². The van der Waals surface area contributed by atoms with E-state index in [0.29, 0.717) is 33.7 Å². The second-order valence-electron chi connectivity index (χ2n) is 7.40. The summed E-state index contributed by atoms with van der Waals surface area (Å²) >= 11 is 12.3.